The van der Waals surface area contributed by atoms with Crippen molar-refractivity contribution in [2.75, 3.05) is 7.11 Å². The van der Waals surface area contributed by atoms with Crippen molar-refractivity contribution in [3.05, 3.63) is 12.2 Å². The second-order valence-corrected chi connectivity index (χ2v) is 3.07. The second-order valence-electron chi connectivity index (χ2n) is 3.07. The monoisotopic (exact) mass is 142 g/mol. The zero-order valence-corrected chi connectivity index (χ0v) is 7.48. The molecular formula is C9H18O. The van der Waals surface area contributed by atoms with Gasteiger partial charge in [-0.1, -0.05) is 12.2 Å². The fourth-order valence-electron chi connectivity index (χ4n) is 0.700. The van der Waals surface area contributed by atoms with Crippen LogP contribution in [-0.4, -0.2) is 12.7 Å². The molecule has 60 valence electrons. The molecule has 0 saturated carbocycles. The fourth-order valence-corrected chi connectivity index (χ4v) is 0.700. The summed E-state index contributed by atoms with van der Waals surface area (Å²) in [5.41, 5.74) is 0.0412. The Balaban J connectivity index is 3.46. The van der Waals surface area contributed by atoms with Gasteiger partial charge < -0.3 is 4.74 Å². The molecule has 0 aromatic carbocycles. The summed E-state index contributed by atoms with van der Waals surface area (Å²) in [7, 11) is 1.76. The summed E-state index contributed by atoms with van der Waals surface area (Å²) in [4.78, 5) is 0. The van der Waals surface area contributed by atoms with Gasteiger partial charge in [-0.05, 0) is 33.6 Å². The quantitative estimate of drug-likeness (QED) is 0.548. The van der Waals surface area contributed by atoms with Crippen molar-refractivity contribution in [3.8, 4) is 0 Å². The van der Waals surface area contributed by atoms with Gasteiger partial charge in [0.15, 0.2) is 0 Å². The molecule has 0 spiro atoms. The Kier molecular flexibility index (Phi) is 4.37. The number of methoxy groups -OCH3 is 1. The maximum atomic E-state index is 5.25. The van der Waals surface area contributed by atoms with Crippen molar-refractivity contribution in [1.29, 1.82) is 0 Å². The number of hydrogen-bond acceptors (Lipinski definition) is 1. The molecule has 0 amide bonds. The molecule has 0 fully saturated rings. The van der Waals surface area contributed by atoms with E-state index in [0.717, 1.165) is 12.8 Å². The predicted molar refractivity (Wildman–Crippen MR) is 45.1 cm³/mol. The Labute approximate surface area is 64.1 Å². The largest absolute Gasteiger partial charge is 0.379 e. The molecule has 0 saturated heterocycles. The van der Waals surface area contributed by atoms with Crippen molar-refractivity contribution in [1.82, 2.24) is 0 Å². The molecule has 0 aromatic heterocycles. The average Bonchev–Trinajstić information content (AvgIpc) is 1.89. The minimum atomic E-state index is 0.0412. The number of rotatable bonds is 4. The van der Waals surface area contributed by atoms with Gasteiger partial charge in [-0.2, -0.15) is 0 Å². The first-order chi connectivity index (χ1) is 4.62. The summed E-state index contributed by atoms with van der Waals surface area (Å²) in [6, 6.07) is 0. The van der Waals surface area contributed by atoms with Crippen molar-refractivity contribution < 1.29 is 4.74 Å². The predicted octanol–water partition coefficient (Wildman–Crippen LogP) is 2.77. The first kappa shape index (κ1) is 9.70. The Morgan fingerprint density at radius 2 is 2.00 bits per heavy atom. The van der Waals surface area contributed by atoms with Crippen LogP contribution >= 0.6 is 0 Å². The molecule has 0 atom stereocenters. The number of allylic oxidation sites excluding steroid dienone is 2. The molecule has 0 aliphatic heterocycles. The van der Waals surface area contributed by atoms with Crippen LogP contribution in [0.25, 0.3) is 0 Å². The standard InChI is InChI=1S/C9H18O/c1-5-6-7-8-9(2,3)10-4/h5-6H,7-8H2,1-4H3/b6-5+. The van der Waals surface area contributed by atoms with Crippen LogP contribution in [0.15, 0.2) is 12.2 Å². The van der Waals surface area contributed by atoms with E-state index >= 15 is 0 Å². The van der Waals surface area contributed by atoms with Gasteiger partial charge in [-0.25, -0.2) is 0 Å². The summed E-state index contributed by atoms with van der Waals surface area (Å²) in [5.74, 6) is 0. The van der Waals surface area contributed by atoms with E-state index in [1.807, 2.05) is 6.92 Å². The molecule has 0 rings (SSSR count). The molecule has 0 aliphatic carbocycles. The lowest BCUT2D eigenvalue weighted by Crippen LogP contribution is -2.21. The first-order valence-electron chi connectivity index (χ1n) is 3.78. The van der Waals surface area contributed by atoms with Crippen molar-refractivity contribution in [2.45, 2.75) is 39.2 Å². The summed E-state index contributed by atoms with van der Waals surface area (Å²) >= 11 is 0. The van der Waals surface area contributed by atoms with Gasteiger partial charge in [0.1, 0.15) is 0 Å². The molecule has 1 heteroatoms. The zero-order chi connectivity index (χ0) is 8.04. The summed E-state index contributed by atoms with van der Waals surface area (Å²) in [5, 5.41) is 0. The Hall–Kier alpha value is -0.300. The SMILES string of the molecule is C/C=C/CCC(C)(C)OC. The molecule has 0 bridgehead atoms. The lowest BCUT2D eigenvalue weighted by atomic mass is 10.0. The van der Waals surface area contributed by atoms with Gasteiger partial charge >= 0.3 is 0 Å². The third kappa shape index (κ3) is 4.57. The first-order valence-corrected chi connectivity index (χ1v) is 3.78. The van der Waals surface area contributed by atoms with Crippen molar-refractivity contribution in [2.24, 2.45) is 0 Å². The van der Waals surface area contributed by atoms with Crippen LogP contribution in [0, 0.1) is 0 Å². The van der Waals surface area contributed by atoms with Gasteiger partial charge in [0.25, 0.3) is 0 Å². The lowest BCUT2D eigenvalue weighted by molar-refractivity contribution is 0.0163. The van der Waals surface area contributed by atoms with E-state index in [9.17, 15) is 0 Å². The van der Waals surface area contributed by atoms with Crippen LogP contribution in [0.2, 0.25) is 0 Å². The average molecular weight is 142 g/mol. The highest BCUT2D eigenvalue weighted by Gasteiger charge is 2.13. The van der Waals surface area contributed by atoms with Crippen molar-refractivity contribution in [3.63, 3.8) is 0 Å². The van der Waals surface area contributed by atoms with E-state index in [0.29, 0.717) is 0 Å². The summed E-state index contributed by atoms with van der Waals surface area (Å²) in [6.45, 7) is 6.26. The summed E-state index contributed by atoms with van der Waals surface area (Å²) in [6.07, 6.45) is 6.44. The van der Waals surface area contributed by atoms with Crippen LogP contribution < -0.4 is 0 Å². The van der Waals surface area contributed by atoms with Crippen LogP contribution in [0.5, 0.6) is 0 Å². The molecule has 0 aromatic rings. The van der Waals surface area contributed by atoms with Gasteiger partial charge in [0.05, 0.1) is 5.60 Å². The maximum Gasteiger partial charge on any atom is 0.0625 e. The van der Waals surface area contributed by atoms with Gasteiger partial charge in [-0.15, -0.1) is 0 Å². The molecule has 0 heterocycles. The Morgan fingerprint density at radius 1 is 1.40 bits per heavy atom. The van der Waals surface area contributed by atoms with Gasteiger partial charge in [0.2, 0.25) is 0 Å². The molecule has 1 nitrogen and oxygen atoms in total. The second kappa shape index (κ2) is 4.51. The minimum absolute atomic E-state index is 0.0412. The maximum absolute atomic E-state index is 5.25. The fraction of sp³-hybridized carbons (Fsp3) is 0.778. The molecule has 0 unspecified atom stereocenters. The lowest BCUT2D eigenvalue weighted by Gasteiger charge is -2.21. The van der Waals surface area contributed by atoms with Crippen LogP contribution in [0.1, 0.15) is 33.6 Å². The highest BCUT2D eigenvalue weighted by Crippen LogP contribution is 2.15. The molecule has 0 radical (unpaired) electrons. The van der Waals surface area contributed by atoms with Gasteiger partial charge in [-0.3, -0.25) is 0 Å². The van der Waals surface area contributed by atoms with E-state index in [1.165, 1.54) is 0 Å². The topological polar surface area (TPSA) is 9.23 Å². The highest BCUT2D eigenvalue weighted by molar-refractivity contribution is 4.80. The van der Waals surface area contributed by atoms with Crippen LogP contribution in [0.4, 0.5) is 0 Å². The number of ether oxygens (including phenoxy) is 1. The molecule has 0 N–H and O–H groups in total. The van der Waals surface area contributed by atoms with E-state index in [1.54, 1.807) is 7.11 Å². The third-order valence-corrected chi connectivity index (χ3v) is 1.70. The third-order valence-electron chi connectivity index (χ3n) is 1.70. The van der Waals surface area contributed by atoms with Crippen LogP contribution in [0.3, 0.4) is 0 Å². The van der Waals surface area contributed by atoms with Crippen molar-refractivity contribution >= 4 is 0 Å². The Morgan fingerprint density at radius 3 is 2.40 bits per heavy atom. The normalized spacial score (nSPS) is 12.8. The molecule has 0 aliphatic rings. The highest BCUT2D eigenvalue weighted by atomic mass is 16.5. The smallest absolute Gasteiger partial charge is 0.0625 e. The van der Waals surface area contributed by atoms with E-state index in [-0.39, 0.29) is 5.60 Å². The zero-order valence-electron chi connectivity index (χ0n) is 7.48. The van der Waals surface area contributed by atoms with E-state index in [4.69, 9.17) is 4.74 Å². The van der Waals surface area contributed by atoms with Gasteiger partial charge in [0, 0.05) is 7.11 Å². The number of hydrogen-bond donors (Lipinski definition) is 0. The van der Waals surface area contributed by atoms with E-state index < -0.39 is 0 Å². The molecular weight excluding hydrogens is 124 g/mol. The van der Waals surface area contributed by atoms with Crippen LogP contribution in [-0.2, 0) is 4.74 Å². The Bertz CT molecular complexity index is 103. The minimum Gasteiger partial charge on any atom is -0.379 e. The summed E-state index contributed by atoms with van der Waals surface area (Å²) < 4.78 is 5.25. The van der Waals surface area contributed by atoms with E-state index in [2.05, 4.69) is 26.0 Å². The molecule has 10 heavy (non-hydrogen) atoms.